The van der Waals surface area contributed by atoms with E-state index in [1.54, 1.807) is 12.1 Å². The molecule has 3 nitrogen and oxygen atoms in total. The molecule has 0 atom stereocenters. The fraction of sp³-hybridized carbons (Fsp3) is 0.500. The van der Waals surface area contributed by atoms with Gasteiger partial charge in [-0.05, 0) is 32.4 Å². The van der Waals surface area contributed by atoms with Gasteiger partial charge < -0.3 is 4.74 Å². The van der Waals surface area contributed by atoms with Crippen molar-refractivity contribution < 1.29 is 9.53 Å². The zero-order chi connectivity index (χ0) is 13.8. The van der Waals surface area contributed by atoms with Crippen molar-refractivity contribution in [2.24, 2.45) is 0 Å². The Kier molecular flexibility index (Phi) is 5.76. The number of hydrogen-bond acceptors (Lipinski definition) is 4. The van der Waals surface area contributed by atoms with Gasteiger partial charge in [0.1, 0.15) is 15.9 Å². The zero-order valence-electron chi connectivity index (χ0n) is 10.5. The summed E-state index contributed by atoms with van der Waals surface area (Å²) < 4.78 is 5.20. The Morgan fingerprint density at radius 1 is 1.39 bits per heavy atom. The fourth-order valence-electron chi connectivity index (χ4n) is 1.16. The summed E-state index contributed by atoms with van der Waals surface area (Å²) in [6.07, 6.45) is 0. The van der Waals surface area contributed by atoms with Gasteiger partial charge in [-0.15, -0.1) is 11.8 Å². The number of aromatic nitrogens is 1. The molecule has 0 amide bonds. The lowest BCUT2D eigenvalue weighted by molar-refractivity contribution is -0.151. The minimum Gasteiger partial charge on any atom is -0.459 e. The molecule has 1 rings (SSSR count). The SMILES string of the molecule is CC(C)(C)OC(=O)CSCc1ccc(Cl)nc1Cl. The van der Waals surface area contributed by atoms with Gasteiger partial charge in [-0.1, -0.05) is 29.3 Å². The maximum atomic E-state index is 11.5. The third-order valence-corrected chi connectivity index (χ3v) is 3.28. The van der Waals surface area contributed by atoms with Crippen LogP contribution in [-0.2, 0) is 15.3 Å². The molecule has 0 unspecified atom stereocenters. The molecule has 0 radical (unpaired) electrons. The van der Waals surface area contributed by atoms with Gasteiger partial charge in [-0.2, -0.15) is 0 Å². The van der Waals surface area contributed by atoms with Crippen LogP contribution in [0.15, 0.2) is 12.1 Å². The Morgan fingerprint density at radius 2 is 2.06 bits per heavy atom. The first-order chi connectivity index (χ1) is 8.28. The highest BCUT2D eigenvalue weighted by atomic mass is 35.5. The number of nitrogens with zero attached hydrogens (tertiary/aromatic N) is 1. The van der Waals surface area contributed by atoms with Crippen molar-refractivity contribution in [2.75, 3.05) is 5.75 Å². The van der Waals surface area contributed by atoms with Gasteiger partial charge in [0.15, 0.2) is 0 Å². The molecule has 0 fully saturated rings. The van der Waals surface area contributed by atoms with E-state index >= 15 is 0 Å². The molecule has 0 aliphatic rings. The summed E-state index contributed by atoms with van der Waals surface area (Å²) in [6, 6.07) is 3.48. The quantitative estimate of drug-likeness (QED) is 0.623. The molecule has 0 aromatic carbocycles. The summed E-state index contributed by atoms with van der Waals surface area (Å²) in [7, 11) is 0. The second kappa shape index (κ2) is 6.64. The third kappa shape index (κ3) is 5.94. The average Bonchev–Trinajstić information content (AvgIpc) is 2.18. The van der Waals surface area contributed by atoms with E-state index in [4.69, 9.17) is 27.9 Å². The lowest BCUT2D eigenvalue weighted by Crippen LogP contribution is -2.24. The maximum Gasteiger partial charge on any atom is 0.316 e. The summed E-state index contributed by atoms with van der Waals surface area (Å²) >= 11 is 13.1. The predicted octanol–water partition coefficient (Wildman–Crippen LogP) is 3.96. The molecule has 0 spiro atoms. The molecule has 1 heterocycles. The van der Waals surface area contributed by atoms with E-state index in [9.17, 15) is 4.79 Å². The second-order valence-electron chi connectivity index (χ2n) is 4.66. The fourth-order valence-corrected chi connectivity index (χ4v) is 2.44. The van der Waals surface area contributed by atoms with E-state index in [1.165, 1.54) is 11.8 Å². The van der Waals surface area contributed by atoms with Crippen LogP contribution in [0.3, 0.4) is 0 Å². The highest BCUT2D eigenvalue weighted by Crippen LogP contribution is 2.22. The normalized spacial score (nSPS) is 11.4. The lowest BCUT2D eigenvalue weighted by Gasteiger charge is -2.19. The van der Waals surface area contributed by atoms with Crippen LogP contribution in [0.25, 0.3) is 0 Å². The number of pyridine rings is 1. The number of hydrogen-bond donors (Lipinski definition) is 0. The maximum absolute atomic E-state index is 11.5. The summed E-state index contributed by atoms with van der Waals surface area (Å²) in [4.78, 5) is 15.4. The number of halogens is 2. The number of carbonyl (C=O) groups is 1. The van der Waals surface area contributed by atoms with Gasteiger partial charge in [0.05, 0.1) is 5.75 Å². The van der Waals surface area contributed by atoms with Crippen LogP contribution in [0.4, 0.5) is 0 Å². The topological polar surface area (TPSA) is 39.2 Å². The Morgan fingerprint density at radius 3 is 2.61 bits per heavy atom. The van der Waals surface area contributed by atoms with Crippen LogP contribution < -0.4 is 0 Å². The van der Waals surface area contributed by atoms with E-state index in [-0.39, 0.29) is 11.7 Å². The van der Waals surface area contributed by atoms with Crippen LogP contribution in [-0.4, -0.2) is 22.3 Å². The molecule has 0 saturated carbocycles. The van der Waals surface area contributed by atoms with E-state index in [0.717, 1.165) is 5.56 Å². The Hall–Kier alpha value is -0.450. The van der Waals surface area contributed by atoms with Crippen LogP contribution in [0.1, 0.15) is 26.3 Å². The lowest BCUT2D eigenvalue weighted by atomic mass is 10.2. The standard InChI is InChI=1S/C12H15Cl2NO2S/c1-12(2,3)17-10(16)7-18-6-8-4-5-9(13)15-11(8)14/h4-5H,6-7H2,1-3H3. The second-order valence-corrected chi connectivity index (χ2v) is 6.39. The summed E-state index contributed by atoms with van der Waals surface area (Å²) in [6.45, 7) is 5.53. The first-order valence-electron chi connectivity index (χ1n) is 5.38. The molecule has 0 saturated heterocycles. The van der Waals surface area contributed by atoms with Gasteiger partial charge in [-0.25, -0.2) is 4.98 Å². The number of rotatable bonds is 4. The zero-order valence-corrected chi connectivity index (χ0v) is 12.8. The van der Waals surface area contributed by atoms with Gasteiger partial charge in [0.2, 0.25) is 0 Å². The molecule has 1 aromatic heterocycles. The van der Waals surface area contributed by atoms with E-state index in [0.29, 0.717) is 16.1 Å². The minimum absolute atomic E-state index is 0.231. The van der Waals surface area contributed by atoms with Gasteiger partial charge >= 0.3 is 5.97 Å². The molecule has 100 valence electrons. The third-order valence-electron chi connectivity index (χ3n) is 1.79. The van der Waals surface area contributed by atoms with Crippen molar-refractivity contribution in [3.05, 3.63) is 28.0 Å². The highest BCUT2D eigenvalue weighted by Gasteiger charge is 2.16. The number of ether oxygens (including phenoxy) is 1. The molecule has 18 heavy (non-hydrogen) atoms. The van der Waals surface area contributed by atoms with Crippen molar-refractivity contribution in [1.82, 2.24) is 4.98 Å². The number of esters is 1. The first kappa shape index (κ1) is 15.6. The van der Waals surface area contributed by atoms with E-state index in [1.807, 2.05) is 20.8 Å². The van der Waals surface area contributed by atoms with Crippen molar-refractivity contribution >= 4 is 40.9 Å². The van der Waals surface area contributed by atoms with Gasteiger partial charge in [0.25, 0.3) is 0 Å². The van der Waals surface area contributed by atoms with Crippen LogP contribution in [0.2, 0.25) is 10.3 Å². The highest BCUT2D eigenvalue weighted by molar-refractivity contribution is 7.99. The summed E-state index contributed by atoms with van der Waals surface area (Å²) in [5, 5.41) is 0.736. The largest absolute Gasteiger partial charge is 0.459 e. The first-order valence-corrected chi connectivity index (χ1v) is 7.29. The Labute approximate surface area is 121 Å². The van der Waals surface area contributed by atoms with Crippen molar-refractivity contribution in [1.29, 1.82) is 0 Å². The summed E-state index contributed by atoms with van der Waals surface area (Å²) in [5.41, 5.74) is 0.409. The monoisotopic (exact) mass is 307 g/mol. The molecular formula is C12H15Cl2NO2S. The molecule has 0 bridgehead atoms. The molecule has 0 aliphatic carbocycles. The molecule has 1 aromatic rings. The van der Waals surface area contributed by atoms with Crippen LogP contribution >= 0.6 is 35.0 Å². The van der Waals surface area contributed by atoms with Crippen molar-refractivity contribution in [3.63, 3.8) is 0 Å². The average molecular weight is 308 g/mol. The predicted molar refractivity (Wildman–Crippen MR) is 76.3 cm³/mol. The Bertz CT molecular complexity index is 433. The van der Waals surface area contributed by atoms with Gasteiger partial charge in [0, 0.05) is 5.75 Å². The molecule has 0 N–H and O–H groups in total. The van der Waals surface area contributed by atoms with Gasteiger partial charge in [-0.3, -0.25) is 4.79 Å². The van der Waals surface area contributed by atoms with E-state index in [2.05, 4.69) is 4.98 Å². The Balaban J connectivity index is 2.40. The van der Waals surface area contributed by atoms with Crippen LogP contribution in [0, 0.1) is 0 Å². The number of carbonyl (C=O) groups excluding carboxylic acids is 1. The van der Waals surface area contributed by atoms with Crippen molar-refractivity contribution in [3.8, 4) is 0 Å². The smallest absolute Gasteiger partial charge is 0.316 e. The van der Waals surface area contributed by atoms with E-state index < -0.39 is 5.60 Å². The molecular weight excluding hydrogens is 293 g/mol. The summed E-state index contributed by atoms with van der Waals surface area (Å²) in [5.74, 6) is 0.656. The molecule has 6 heteroatoms. The van der Waals surface area contributed by atoms with Crippen LogP contribution in [0.5, 0.6) is 0 Å². The van der Waals surface area contributed by atoms with Crippen molar-refractivity contribution in [2.45, 2.75) is 32.1 Å². The minimum atomic E-state index is -0.447. The molecule has 0 aliphatic heterocycles. The number of thioether (sulfide) groups is 1.